The molecule has 19 heavy (non-hydrogen) atoms. The Labute approximate surface area is 123 Å². The molecule has 0 fully saturated rings. The van der Waals surface area contributed by atoms with E-state index < -0.39 is 0 Å². The Morgan fingerprint density at radius 2 is 2.21 bits per heavy atom. The second kappa shape index (κ2) is 6.61. The van der Waals surface area contributed by atoms with Gasteiger partial charge < -0.3 is 5.73 Å². The Bertz CT molecular complexity index is 493. The number of thiophene rings is 1. The van der Waals surface area contributed by atoms with Crippen molar-refractivity contribution in [2.24, 2.45) is 5.73 Å². The van der Waals surface area contributed by atoms with Gasteiger partial charge in [-0.05, 0) is 42.8 Å². The van der Waals surface area contributed by atoms with Gasteiger partial charge in [-0.2, -0.15) is 11.3 Å². The fourth-order valence-electron chi connectivity index (χ4n) is 2.33. The summed E-state index contributed by atoms with van der Waals surface area (Å²) in [4.78, 5) is 6.85. The number of hydrogen-bond acceptors (Lipinski definition) is 5. The van der Waals surface area contributed by atoms with Crippen molar-refractivity contribution in [3.05, 3.63) is 38.5 Å². The van der Waals surface area contributed by atoms with Gasteiger partial charge in [0.25, 0.3) is 0 Å². The zero-order valence-electron chi connectivity index (χ0n) is 11.7. The van der Waals surface area contributed by atoms with Crippen LogP contribution in [-0.4, -0.2) is 23.0 Å². The van der Waals surface area contributed by atoms with E-state index >= 15 is 0 Å². The molecule has 2 rings (SSSR count). The number of aromatic nitrogens is 1. The highest BCUT2D eigenvalue weighted by molar-refractivity contribution is 7.09. The zero-order chi connectivity index (χ0) is 13.8. The van der Waals surface area contributed by atoms with Crippen LogP contribution in [0, 0.1) is 6.92 Å². The second-order valence-electron chi connectivity index (χ2n) is 4.85. The number of hydrogen-bond donors (Lipinski definition) is 1. The van der Waals surface area contributed by atoms with Gasteiger partial charge in [0, 0.05) is 18.0 Å². The average molecular weight is 295 g/mol. The molecule has 3 nitrogen and oxygen atoms in total. The highest BCUT2D eigenvalue weighted by atomic mass is 32.1. The van der Waals surface area contributed by atoms with E-state index in [2.05, 4.69) is 46.1 Å². The third-order valence-electron chi connectivity index (χ3n) is 3.31. The summed E-state index contributed by atoms with van der Waals surface area (Å²) >= 11 is 3.43. The molecule has 0 spiro atoms. The van der Waals surface area contributed by atoms with Crippen LogP contribution in [0.2, 0.25) is 0 Å². The Morgan fingerprint density at radius 3 is 2.74 bits per heavy atom. The number of rotatable bonds is 6. The number of nitrogens with zero attached hydrogens (tertiary/aromatic N) is 2. The van der Waals surface area contributed by atoms with E-state index in [0.29, 0.717) is 0 Å². The van der Waals surface area contributed by atoms with Crippen molar-refractivity contribution in [2.75, 3.05) is 7.05 Å². The number of likely N-dealkylation sites (N-methyl/N-ethyl adjacent to an activating group) is 1. The van der Waals surface area contributed by atoms with Gasteiger partial charge in [0.15, 0.2) is 0 Å². The first-order valence-corrected chi connectivity index (χ1v) is 8.33. The maximum atomic E-state index is 6.31. The fraction of sp³-hybridized carbons (Fsp3) is 0.500. The van der Waals surface area contributed by atoms with Crippen molar-refractivity contribution in [1.82, 2.24) is 9.88 Å². The van der Waals surface area contributed by atoms with E-state index in [1.54, 1.807) is 22.7 Å². The lowest BCUT2D eigenvalue weighted by Gasteiger charge is -2.31. The van der Waals surface area contributed by atoms with Gasteiger partial charge >= 0.3 is 0 Å². The highest BCUT2D eigenvalue weighted by Crippen LogP contribution is 2.27. The normalized spacial score (nSPS) is 14.8. The molecule has 2 N–H and O–H groups in total. The van der Waals surface area contributed by atoms with Crippen LogP contribution >= 0.6 is 22.7 Å². The minimum Gasteiger partial charge on any atom is -0.326 e. The van der Waals surface area contributed by atoms with Crippen LogP contribution < -0.4 is 5.73 Å². The molecule has 5 heteroatoms. The molecule has 0 amide bonds. The van der Waals surface area contributed by atoms with E-state index in [0.717, 1.165) is 23.7 Å². The van der Waals surface area contributed by atoms with Crippen LogP contribution in [0.4, 0.5) is 0 Å². The minimum absolute atomic E-state index is 0.152. The Kier molecular flexibility index (Phi) is 5.10. The summed E-state index contributed by atoms with van der Waals surface area (Å²) in [7, 11) is 2.13. The van der Waals surface area contributed by atoms with E-state index in [1.807, 2.05) is 6.92 Å². The SMILES string of the molecule is CCC(N)C(c1ccsc1)N(C)Cc1csc(C)n1. The van der Waals surface area contributed by atoms with Crippen molar-refractivity contribution in [1.29, 1.82) is 0 Å². The molecular weight excluding hydrogens is 274 g/mol. The Balaban J connectivity index is 2.14. The van der Waals surface area contributed by atoms with Crippen molar-refractivity contribution in [2.45, 2.75) is 38.9 Å². The zero-order valence-corrected chi connectivity index (χ0v) is 13.3. The van der Waals surface area contributed by atoms with Crippen LogP contribution in [0.1, 0.15) is 35.7 Å². The van der Waals surface area contributed by atoms with Crippen LogP contribution in [-0.2, 0) is 6.54 Å². The summed E-state index contributed by atoms with van der Waals surface area (Å²) in [5.41, 5.74) is 8.76. The monoisotopic (exact) mass is 295 g/mol. The molecule has 0 radical (unpaired) electrons. The van der Waals surface area contributed by atoms with E-state index in [-0.39, 0.29) is 12.1 Å². The summed E-state index contributed by atoms with van der Waals surface area (Å²) in [5, 5.41) is 7.57. The van der Waals surface area contributed by atoms with Gasteiger partial charge in [0.05, 0.1) is 16.7 Å². The first-order chi connectivity index (χ1) is 9.11. The van der Waals surface area contributed by atoms with E-state index in [1.165, 1.54) is 5.56 Å². The molecule has 104 valence electrons. The van der Waals surface area contributed by atoms with Crippen molar-refractivity contribution < 1.29 is 0 Å². The smallest absolute Gasteiger partial charge is 0.0897 e. The third kappa shape index (κ3) is 3.63. The van der Waals surface area contributed by atoms with Gasteiger partial charge in [-0.1, -0.05) is 6.92 Å². The van der Waals surface area contributed by atoms with Gasteiger partial charge in [-0.25, -0.2) is 4.98 Å². The summed E-state index contributed by atoms with van der Waals surface area (Å²) in [6.45, 7) is 5.03. The maximum Gasteiger partial charge on any atom is 0.0897 e. The van der Waals surface area contributed by atoms with Gasteiger partial charge in [0.2, 0.25) is 0 Å². The van der Waals surface area contributed by atoms with Crippen molar-refractivity contribution in [3.8, 4) is 0 Å². The molecule has 0 bridgehead atoms. The van der Waals surface area contributed by atoms with Crippen LogP contribution in [0.15, 0.2) is 22.2 Å². The third-order valence-corrected chi connectivity index (χ3v) is 4.84. The first-order valence-electron chi connectivity index (χ1n) is 6.50. The molecule has 2 unspecified atom stereocenters. The molecule has 0 aliphatic heterocycles. The van der Waals surface area contributed by atoms with E-state index in [9.17, 15) is 0 Å². The van der Waals surface area contributed by atoms with Crippen LogP contribution in [0.25, 0.3) is 0 Å². The largest absolute Gasteiger partial charge is 0.326 e. The average Bonchev–Trinajstić information content (AvgIpc) is 3.01. The number of aryl methyl sites for hydroxylation is 1. The molecule has 0 aliphatic carbocycles. The number of thiazole rings is 1. The lowest BCUT2D eigenvalue weighted by atomic mass is 9.99. The first kappa shape index (κ1) is 14.7. The molecular formula is C14H21N3S2. The Hall–Kier alpha value is -0.750. The van der Waals surface area contributed by atoms with Crippen molar-refractivity contribution >= 4 is 22.7 Å². The van der Waals surface area contributed by atoms with Gasteiger partial charge in [0.1, 0.15) is 0 Å². The summed E-state index contributed by atoms with van der Waals surface area (Å²) in [5.74, 6) is 0. The molecule has 0 saturated heterocycles. The summed E-state index contributed by atoms with van der Waals surface area (Å²) < 4.78 is 0. The van der Waals surface area contributed by atoms with Crippen molar-refractivity contribution in [3.63, 3.8) is 0 Å². The maximum absolute atomic E-state index is 6.31. The van der Waals surface area contributed by atoms with Crippen LogP contribution in [0.5, 0.6) is 0 Å². The van der Waals surface area contributed by atoms with E-state index in [4.69, 9.17) is 5.73 Å². The standard InChI is InChI=1S/C14H21N3S2/c1-4-13(15)14(11-5-6-18-8-11)17(3)7-12-9-19-10(2)16-12/h5-6,8-9,13-14H,4,7,15H2,1-3H3. The molecule has 0 aliphatic rings. The van der Waals surface area contributed by atoms with Crippen LogP contribution in [0.3, 0.4) is 0 Å². The lowest BCUT2D eigenvalue weighted by molar-refractivity contribution is 0.200. The quantitative estimate of drug-likeness (QED) is 0.888. The molecule has 2 aromatic heterocycles. The summed E-state index contributed by atoms with van der Waals surface area (Å²) in [6, 6.07) is 2.59. The molecule has 0 aromatic carbocycles. The van der Waals surface area contributed by atoms with Gasteiger partial charge in [-0.15, -0.1) is 11.3 Å². The minimum atomic E-state index is 0.152. The fourth-order valence-corrected chi connectivity index (χ4v) is 3.62. The highest BCUT2D eigenvalue weighted by Gasteiger charge is 2.24. The Morgan fingerprint density at radius 1 is 1.42 bits per heavy atom. The predicted molar refractivity (Wildman–Crippen MR) is 83.6 cm³/mol. The number of nitrogens with two attached hydrogens (primary N) is 1. The molecule has 2 aromatic rings. The predicted octanol–water partition coefficient (Wildman–Crippen LogP) is 3.42. The van der Waals surface area contributed by atoms with Gasteiger partial charge in [-0.3, -0.25) is 4.90 Å². The lowest BCUT2D eigenvalue weighted by Crippen LogP contribution is -2.38. The summed E-state index contributed by atoms with van der Waals surface area (Å²) in [6.07, 6.45) is 0.973. The second-order valence-corrected chi connectivity index (χ2v) is 6.69. The molecule has 2 atom stereocenters. The molecule has 2 heterocycles. The molecule has 0 saturated carbocycles. The topological polar surface area (TPSA) is 42.1 Å².